The monoisotopic (exact) mass is 239 g/mol. The minimum Gasteiger partial charge on any atom is -0.333 e. The van der Waals surface area contributed by atoms with Crippen molar-refractivity contribution in [1.29, 1.82) is 0 Å². The lowest BCUT2D eigenvalue weighted by molar-refractivity contribution is 1.48. The predicted molar refractivity (Wildman–Crippen MR) is 64.4 cm³/mol. The summed E-state index contributed by atoms with van der Waals surface area (Å²) in [6.07, 6.45) is 0. The SMILES string of the molecule is Br.CN.c1ccc2ccccc2c1. The van der Waals surface area contributed by atoms with Crippen molar-refractivity contribution < 1.29 is 0 Å². The van der Waals surface area contributed by atoms with Gasteiger partial charge in [0, 0.05) is 0 Å². The minimum absolute atomic E-state index is 0. The van der Waals surface area contributed by atoms with Crippen LogP contribution in [0.5, 0.6) is 0 Å². The van der Waals surface area contributed by atoms with Crippen LogP contribution in [-0.2, 0) is 0 Å². The molecule has 2 N–H and O–H groups in total. The lowest BCUT2D eigenvalue weighted by Gasteiger charge is -1.92. The van der Waals surface area contributed by atoms with Gasteiger partial charge in [-0.15, -0.1) is 17.0 Å². The summed E-state index contributed by atoms with van der Waals surface area (Å²) in [5, 5.41) is 2.62. The van der Waals surface area contributed by atoms with E-state index in [1.165, 1.54) is 17.8 Å². The topological polar surface area (TPSA) is 26.0 Å². The molecule has 0 saturated carbocycles. The fraction of sp³-hybridized carbons (Fsp3) is 0.0909. The first-order chi connectivity index (χ1) is 5.97. The first-order valence-electron chi connectivity index (χ1n) is 3.98. The van der Waals surface area contributed by atoms with E-state index in [4.69, 9.17) is 0 Å². The molecule has 0 saturated heterocycles. The first-order valence-corrected chi connectivity index (χ1v) is 3.98. The number of hydrogen-bond donors (Lipinski definition) is 1. The fourth-order valence-corrected chi connectivity index (χ4v) is 1.13. The van der Waals surface area contributed by atoms with Gasteiger partial charge in [-0.05, 0) is 17.8 Å². The molecule has 2 aromatic rings. The third-order valence-corrected chi connectivity index (χ3v) is 1.66. The normalized spacial score (nSPS) is 8.15. The molecule has 0 amide bonds. The van der Waals surface area contributed by atoms with Gasteiger partial charge in [0.05, 0.1) is 0 Å². The molecule has 2 rings (SSSR count). The molecule has 0 bridgehead atoms. The highest BCUT2D eigenvalue weighted by Crippen LogP contribution is 2.11. The summed E-state index contributed by atoms with van der Waals surface area (Å²) in [6.45, 7) is 0. The Morgan fingerprint density at radius 2 is 0.923 bits per heavy atom. The summed E-state index contributed by atoms with van der Waals surface area (Å²) >= 11 is 0. The van der Waals surface area contributed by atoms with E-state index in [0.717, 1.165) is 0 Å². The Labute approximate surface area is 89.3 Å². The average molecular weight is 240 g/mol. The number of nitrogens with two attached hydrogens (primary N) is 1. The van der Waals surface area contributed by atoms with Crippen molar-refractivity contribution in [3.63, 3.8) is 0 Å². The second kappa shape index (κ2) is 6.63. The molecular weight excluding hydrogens is 226 g/mol. The number of hydrogen-bond acceptors (Lipinski definition) is 1. The summed E-state index contributed by atoms with van der Waals surface area (Å²) < 4.78 is 0. The van der Waals surface area contributed by atoms with Gasteiger partial charge in [-0.25, -0.2) is 0 Å². The summed E-state index contributed by atoms with van der Waals surface area (Å²) in [7, 11) is 1.50. The number of benzene rings is 2. The van der Waals surface area contributed by atoms with Crippen LogP contribution < -0.4 is 5.73 Å². The molecule has 1 nitrogen and oxygen atoms in total. The van der Waals surface area contributed by atoms with Gasteiger partial charge >= 0.3 is 0 Å². The Hall–Kier alpha value is -0.860. The molecule has 0 fully saturated rings. The van der Waals surface area contributed by atoms with Crippen LogP contribution in [-0.4, -0.2) is 7.05 Å². The quantitative estimate of drug-likeness (QED) is 0.752. The molecule has 2 heteroatoms. The van der Waals surface area contributed by atoms with E-state index in [2.05, 4.69) is 54.3 Å². The van der Waals surface area contributed by atoms with Gasteiger partial charge in [0.1, 0.15) is 0 Å². The summed E-state index contributed by atoms with van der Waals surface area (Å²) in [4.78, 5) is 0. The number of fused-ring (bicyclic) bond motifs is 1. The van der Waals surface area contributed by atoms with Crippen LogP contribution in [0.2, 0.25) is 0 Å². The highest BCUT2D eigenvalue weighted by Gasteiger charge is 1.85. The second-order valence-electron chi connectivity index (χ2n) is 2.35. The van der Waals surface area contributed by atoms with Crippen molar-refractivity contribution in [3.8, 4) is 0 Å². The van der Waals surface area contributed by atoms with Crippen molar-refractivity contribution in [3.05, 3.63) is 48.5 Å². The van der Waals surface area contributed by atoms with Crippen molar-refractivity contribution in [2.24, 2.45) is 5.73 Å². The lowest BCUT2D eigenvalue weighted by Crippen LogP contribution is -1.69. The number of rotatable bonds is 0. The summed E-state index contributed by atoms with van der Waals surface area (Å²) in [6, 6.07) is 16.7. The number of halogens is 1. The largest absolute Gasteiger partial charge is 0.333 e. The molecule has 0 heterocycles. The van der Waals surface area contributed by atoms with Crippen molar-refractivity contribution in [2.45, 2.75) is 0 Å². The Morgan fingerprint density at radius 3 is 1.15 bits per heavy atom. The average Bonchev–Trinajstić information content (AvgIpc) is 2.21. The van der Waals surface area contributed by atoms with Gasteiger partial charge in [-0.1, -0.05) is 48.5 Å². The van der Waals surface area contributed by atoms with E-state index in [1.54, 1.807) is 0 Å². The molecule has 0 aliphatic rings. The molecule has 0 aromatic heterocycles. The highest BCUT2D eigenvalue weighted by atomic mass is 79.9. The van der Waals surface area contributed by atoms with Gasteiger partial charge in [0.2, 0.25) is 0 Å². The molecule has 70 valence electrons. The lowest BCUT2D eigenvalue weighted by atomic mass is 10.1. The Morgan fingerprint density at radius 1 is 0.692 bits per heavy atom. The zero-order valence-electron chi connectivity index (χ0n) is 7.60. The molecule has 0 unspecified atom stereocenters. The van der Waals surface area contributed by atoms with Crippen molar-refractivity contribution in [1.82, 2.24) is 0 Å². The summed E-state index contributed by atoms with van der Waals surface area (Å²) in [5.74, 6) is 0. The van der Waals surface area contributed by atoms with E-state index in [-0.39, 0.29) is 17.0 Å². The van der Waals surface area contributed by atoms with Crippen LogP contribution in [0.25, 0.3) is 10.8 Å². The zero-order chi connectivity index (χ0) is 8.81. The maximum absolute atomic E-state index is 4.50. The predicted octanol–water partition coefficient (Wildman–Crippen LogP) is 2.99. The van der Waals surface area contributed by atoms with Crippen molar-refractivity contribution >= 4 is 27.8 Å². The Balaban J connectivity index is 0.000000451. The first kappa shape index (κ1) is 12.1. The molecular formula is C11H14BrN. The van der Waals surface area contributed by atoms with Crippen LogP contribution in [0.15, 0.2) is 48.5 Å². The van der Waals surface area contributed by atoms with Crippen LogP contribution >= 0.6 is 17.0 Å². The molecule has 0 aliphatic carbocycles. The molecule has 0 spiro atoms. The van der Waals surface area contributed by atoms with E-state index in [0.29, 0.717) is 0 Å². The third kappa shape index (κ3) is 3.17. The van der Waals surface area contributed by atoms with E-state index >= 15 is 0 Å². The maximum Gasteiger partial charge on any atom is -0.0184 e. The molecule has 2 aromatic carbocycles. The van der Waals surface area contributed by atoms with Gasteiger partial charge in [0.15, 0.2) is 0 Å². The molecule has 13 heavy (non-hydrogen) atoms. The molecule has 0 radical (unpaired) electrons. The van der Waals surface area contributed by atoms with Gasteiger partial charge in [-0.3, -0.25) is 0 Å². The minimum atomic E-state index is 0. The van der Waals surface area contributed by atoms with E-state index in [1.807, 2.05) is 0 Å². The van der Waals surface area contributed by atoms with E-state index in [9.17, 15) is 0 Å². The standard InChI is InChI=1S/C10H8.CH5N.BrH/c1-2-6-10-8-4-3-7-9(10)5-1;1-2;/h1-8H;2H2,1H3;1H. The molecule has 0 atom stereocenters. The van der Waals surface area contributed by atoms with Gasteiger partial charge in [-0.2, -0.15) is 0 Å². The van der Waals surface area contributed by atoms with Crippen LogP contribution in [0.3, 0.4) is 0 Å². The van der Waals surface area contributed by atoms with Crippen molar-refractivity contribution in [2.75, 3.05) is 7.05 Å². The second-order valence-corrected chi connectivity index (χ2v) is 2.35. The maximum atomic E-state index is 4.50. The van der Waals surface area contributed by atoms with E-state index < -0.39 is 0 Å². The Kier molecular flexibility index (Phi) is 6.20. The van der Waals surface area contributed by atoms with Crippen LogP contribution in [0, 0.1) is 0 Å². The smallest absolute Gasteiger partial charge is 0.0184 e. The van der Waals surface area contributed by atoms with Gasteiger partial charge in [0.25, 0.3) is 0 Å². The van der Waals surface area contributed by atoms with Gasteiger partial charge < -0.3 is 5.73 Å². The Bertz CT molecular complexity index is 281. The summed E-state index contributed by atoms with van der Waals surface area (Å²) in [5.41, 5.74) is 4.50. The molecule has 0 aliphatic heterocycles. The fourth-order valence-electron chi connectivity index (χ4n) is 1.13. The van der Waals surface area contributed by atoms with Crippen LogP contribution in [0.4, 0.5) is 0 Å². The highest BCUT2D eigenvalue weighted by molar-refractivity contribution is 8.93. The zero-order valence-corrected chi connectivity index (χ0v) is 9.32. The van der Waals surface area contributed by atoms with Crippen LogP contribution in [0.1, 0.15) is 0 Å². The third-order valence-electron chi connectivity index (χ3n) is 1.66.